The number of hydrogen-bond donors (Lipinski definition) is 1. The summed E-state index contributed by atoms with van der Waals surface area (Å²) >= 11 is 0. The molecule has 0 bridgehead atoms. The van der Waals surface area contributed by atoms with Crippen LogP contribution < -0.4 is 4.74 Å². The summed E-state index contributed by atoms with van der Waals surface area (Å²) in [6.45, 7) is 2.86. The molecule has 0 spiro atoms. The van der Waals surface area contributed by atoms with Crippen molar-refractivity contribution < 1.29 is 14.6 Å². The lowest BCUT2D eigenvalue weighted by Gasteiger charge is -2.20. The molecule has 0 aliphatic heterocycles. The number of ether oxygens (including phenoxy) is 1. The van der Waals surface area contributed by atoms with Gasteiger partial charge in [-0.05, 0) is 56.9 Å². The highest BCUT2D eigenvalue weighted by Crippen LogP contribution is 2.24. The van der Waals surface area contributed by atoms with Crippen LogP contribution in [0, 0.1) is 0 Å². The van der Waals surface area contributed by atoms with Gasteiger partial charge in [-0.3, -0.25) is 4.79 Å². The highest BCUT2D eigenvalue weighted by atomic mass is 16.5. The lowest BCUT2D eigenvalue weighted by Crippen LogP contribution is -2.33. The van der Waals surface area contributed by atoms with Crippen molar-refractivity contribution in [3.8, 4) is 5.75 Å². The highest BCUT2D eigenvalue weighted by Gasteiger charge is 2.17. The van der Waals surface area contributed by atoms with Gasteiger partial charge in [-0.2, -0.15) is 0 Å². The van der Waals surface area contributed by atoms with E-state index in [1.54, 1.807) is 17.0 Å². The van der Waals surface area contributed by atoms with Crippen molar-refractivity contribution in [2.75, 3.05) is 19.7 Å². The summed E-state index contributed by atoms with van der Waals surface area (Å²) in [5, 5.41) is 8.95. The third-order valence-corrected chi connectivity index (χ3v) is 3.75. The number of rotatable bonds is 6. The zero-order valence-corrected chi connectivity index (χ0v) is 12.0. The zero-order chi connectivity index (χ0) is 14.4. The molecule has 0 heterocycles. The fourth-order valence-corrected chi connectivity index (χ4v) is 2.58. The lowest BCUT2D eigenvalue weighted by molar-refractivity contribution is 0.0732. The van der Waals surface area contributed by atoms with Crippen molar-refractivity contribution >= 4 is 5.91 Å². The van der Waals surface area contributed by atoms with E-state index in [4.69, 9.17) is 9.84 Å². The number of benzene rings is 1. The summed E-state index contributed by atoms with van der Waals surface area (Å²) in [7, 11) is 0. The molecule has 1 fully saturated rings. The van der Waals surface area contributed by atoms with E-state index >= 15 is 0 Å². The van der Waals surface area contributed by atoms with Crippen molar-refractivity contribution in [3.05, 3.63) is 29.8 Å². The molecule has 1 aliphatic rings. The fraction of sp³-hybridized carbons (Fsp3) is 0.562. The molecule has 0 saturated heterocycles. The Kier molecular flexibility index (Phi) is 5.41. The van der Waals surface area contributed by atoms with Crippen LogP contribution in [0.1, 0.15) is 43.0 Å². The van der Waals surface area contributed by atoms with Gasteiger partial charge in [0.05, 0.1) is 12.7 Å². The average molecular weight is 277 g/mol. The molecular weight excluding hydrogens is 254 g/mol. The summed E-state index contributed by atoms with van der Waals surface area (Å²) in [6.07, 6.45) is 5.07. The highest BCUT2D eigenvalue weighted by molar-refractivity contribution is 5.94. The Labute approximate surface area is 120 Å². The Bertz CT molecular complexity index is 424. The molecule has 110 valence electrons. The minimum Gasteiger partial charge on any atom is -0.490 e. The molecule has 4 nitrogen and oxygen atoms in total. The first-order valence-corrected chi connectivity index (χ1v) is 7.41. The van der Waals surface area contributed by atoms with Gasteiger partial charge < -0.3 is 14.7 Å². The quantitative estimate of drug-likeness (QED) is 0.869. The van der Waals surface area contributed by atoms with Crippen LogP contribution in [0.4, 0.5) is 0 Å². The summed E-state index contributed by atoms with van der Waals surface area (Å²) in [4.78, 5) is 13.8. The molecule has 1 saturated carbocycles. The molecule has 4 heteroatoms. The molecule has 0 atom stereocenters. The molecule has 0 radical (unpaired) electrons. The Morgan fingerprint density at radius 2 is 1.95 bits per heavy atom. The van der Waals surface area contributed by atoms with Gasteiger partial charge in [-0.15, -0.1) is 0 Å². The number of nitrogens with zero attached hydrogens (tertiary/aromatic N) is 1. The second-order valence-corrected chi connectivity index (χ2v) is 5.16. The number of likely N-dealkylation sites (N-methyl/N-ethyl adjacent to an activating group) is 1. The number of carbonyl (C=O) groups is 1. The third-order valence-electron chi connectivity index (χ3n) is 3.75. The summed E-state index contributed by atoms with van der Waals surface area (Å²) < 4.78 is 5.88. The molecule has 1 N–H and O–H groups in total. The number of aliphatic hydroxyl groups excluding tert-OH is 1. The predicted molar refractivity (Wildman–Crippen MR) is 78.0 cm³/mol. The Morgan fingerprint density at radius 3 is 2.50 bits per heavy atom. The fourth-order valence-electron chi connectivity index (χ4n) is 2.58. The molecule has 2 rings (SSSR count). The number of carbonyl (C=O) groups excluding carboxylic acids is 1. The van der Waals surface area contributed by atoms with Crippen LogP contribution in [0.25, 0.3) is 0 Å². The molecule has 1 aliphatic carbocycles. The van der Waals surface area contributed by atoms with Crippen LogP contribution in [-0.4, -0.2) is 41.7 Å². The van der Waals surface area contributed by atoms with Crippen LogP contribution >= 0.6 is 0 Å². The van der Waals surface area contributed by atoms with Crippen LogP contribution in [-0.2, 0) is 0 Å². The first-order chi connectivity index (χ1) is 9.74. The van der Waals surface area contributed by atoms with E-state index in [2.05, 4.69) is 0 Å². The second kappa shape index (κ2) is 7.29. The van der Waals surface area contributed by atoms with E-state index < -0.39 is 0 Å². The van der Waals surface area contributed by atoms with E-state index in [0.717, 1.165) is 18.6 Å². The molecule has 0 aromatic heterocycles. The van der Waals surface area contributed by atoms with Gasteiger partial charge in [0.2, 0.25) is 0 Å². The predicted octanol–water partition coefficient (Wildman–Crippen LogP) is 2.46. The van der Waals surface area contributed by atoms with Crippen molar-refractivity contribution in [3.63, 3.8) is 0 Å². The van der Waals surface area contributed by atoms with Crippen LogP contribution in [0.2, 0.25) is 0 Å². The molecule has 1 amide bonds. The Morgan fingerprint density at radius 1 is 1.30 bits per heavy atom. The standard InChI is InChI=1S/C16H23NO3/c1-2-17(11-12-18)16(19)13-7-9-15(10-8-13)20-14-5-3-4-6-14/h7-10,14,18H,2-6,11-12H2,1H3. The van der Waals surface area contributed by atoms with Gasteiger partial charge in [0, 0.05) is 18.7 Å². The van der Waals surface area contributed by atoms with Gasteiger partial charge in [0.1, 0.15) is 5.75 Å². The number of amides is 1. The smallest absolute Gasteiger partial charge is 0.253 e. The van der Waals surface area contributed by atoms with E-state index in [0.29, 0.717) is 24.8 Å². The van der Waals surface area contributed by atoms with Crippen molar-refractivity contribution in [2.24, 2.45) is 0 Å². The molecule has 20 heavy (non-hydrogen) atoms. The van der Waals surface area contributed by atoms with Crippen molar-refractivity contribution in [2.45, 2.75) is 38.7 Å². The minimum atomic E-state index is -0.0473. The first kappa shape index (κ1) is 14.9. The average Bonchev–Trinajstić information content (AvgIpc) is 2.98. The third kappa shape index (κ3) is 3.73. The molecular formula is C16H23NO3. The maximum absolute atomic E-state index is 12.2. The first-order valence-electron chi connectivity index (χ1n) is 7.41. The van der Waals surface area contributed by atoms with Crippen LogP contribution in [0.15, 0.2) is 24.3 Å². The Balaban J connectivity index is 1.97. The summed E-state index contributed by atoms with van der Waals surface area (Å²) in [5.74, 6) is 0.785. The molecule has 0 unspecified atom stereocenters. The second-order valence-electron chi connectivity index (χ2n) is 5.16. The van der Waals surface area contributed by atoms with E-state index in [9.17, 15) is 4.79 Å². The van der Waals surface area contributed by atoms with Crippen molar-refractivity contribution in [1.82, 2.24) is 4.90 Å². The van der Waals surface area contributed by atoms with Gasteiger partial charge >= 0.3 is 0 Å². The summed E-state index contributed by atoms with van der Waals surface area (Å²) in [6, 6.07) is 7.32. The van der Waals surface area contributed by atoms with Crippen LogP contribution in [0.5, 0.6) is 5.75 Å². The van der Waals surface area contributed by atoms with E-state index in [1.807, 2.05) is 19.1 Å². The monoisotopic (exact) mass is 277 g/mol. The normalized spacial score (nSPS) is 15.3. The SMILES string of the molecule is CCN(CCO)C(=O)c1ccc(OC2CCCC2)cc1. The number of aliphatic hydroxyl groups is 1. The topological polar surface area (TPSA) is 49.8 Å². The van der Waals surface area contributed by atoms with Gasteiger partial charge in [0.15, 0.2) is 0 Å². The summed E-state index contributed by atoms with van der Waals surface area (Å²) in [5.41, 5.74) is 0.638. The molecule has 1 aromatic rings. The Hall–Kier alpha value is -1.55. The zero-order valence-electron chi connectivity index (χ0n) is 12.0. The van der Waals surface area contributed by atoms with Crippen molar-refractivity contribution in [1.29, 1.82) is 0 Å². The maximum atomic E-state index is 12.2. The number of hydrogen-bond acceptors (Lipinski definition) is 3. The minimum absolute atomic E-state index is 0.0115. The maximum Gasteiger partial charge on any atom is 0.253 e. The van der Waals surface area contributed by atoms with Crippen LogP contribution in [0.3, 0.4) is 0 Å². The van der Waals surface area contributed by atoms with E-state index in [-0.39, 0.29) is 12.5 Å². The lowest BCUT2D eigenvalue weighted by atomic mass is 10.2. The van der Waals surface area contributed by atoms with Gasteiger partial charge in [-0.25, -0.2) is 0 Å². The largest absolute Gasteiger partial charge is 0.490 e. The van der Waals surface area contributed by atoms with Gasteiger partial charge in [-0.1, -0.05) is 0 Å². The van der Waals surface area contributed by atoms with E-state index in [1.165, 1.54) is 12.8 Å². The van der Waals surface area contributed by atoms with Gasteiger partial charge in [0.25, 0.3) is 5.91 Å². The molecule has 1 aromatic carbocycles.